The van der Waals surface area contributed by atoms with Gasteiger partial charge in [-0.25, -0.2) is 0 Å². The number of carbonyl (C=O) groups excluding carboxylic acids is 2. The SMILES string of the molecule is CCOc1ccccc1CCC(=O)N(C)CC(=O)OC. The second-order valence-corrected chi connectivity index (χ2v) is 4.37. The van der Waals surface area contributed by atoms with Crippen LogP contribution in [0.1, 0.15) is 18.9 Å². The van der Waals surface area contributed by atoms with E-state index in [9.17, 15) is 9.59 Å². The van der Waals surface area contributed by atoms with Gasteiger partial charge in [0, 0.05) is 13.5 Å². The van der Waals surface area contributed by atoms with Crippen LogP contribution in [-0.2, 0) is 20.7 Å². The number of hydrogen-bond donors (Lipinski definition) is 0. The minimum Gasteiger partial charge on any atom is -0.494 e. The lowest BCUT2D eigenvalue weighted by Gasteiger charge is -2.16. The standard InChI is InChI=1S/C15H21NO4/c1-4-20-13-8-6-5-7-12(13)9-10-14(17)16(2)11-15(18)19-3/h5-8H,4,9-11H2,1-3H3. The normalized spacial score (nSPS) is 9.95. The molecule has 0 aliphatic carbocycles. The maximum Gasteiger partial charge on any atom is 0.325 e. The molecule has 5 nitrogen and oxygen atoms in total. The van der Waals surface area contributed by atoms with Crippen LogP contribution >= 0.6 is 0 Å². The summed E-state index contributed by atoms with van der Waals surface area (Å²) < 4.78 is 10.0. The minimum absolute atomic E-state index is 0.0254. The van der Waals surface area contributed by atoms with Crippen molar-refractivity contribution in [2.45, 2.75) is 19.8 Å². The Morgan fingerprint density at radius 3 is 2.60 bits per heavy atom. The largest absolute Gasteiger partial charge is 0.494 e. The number of methoxy groups -OCH3 is 1. The summed E-state index contributed by atoms with van der Waals surface area (Å²) in [5.41, 5.74) is 0.995. The molecule has 0 aliphatic rings. The van der Waals surface area contributed by atoms with E-state index in [0.717, 1.165) is 11.3 Å². The number of likely N-dealkylation sites (N-methyl/N-ethyl adjacent to an activating group) is 1. The molecule has 0 N–H and O–H groups in total. The Morgan fingerprint density at radius 1 is 1.25 bits per heavy atom. The molecule has 0 heterocycles. The molecule has 1 aromatic rings. The third-order valence-corrected chi connectivity index (χ3v) is 2.90. The average molecular weight is 279 g/mol. The first-order chi connectivity index (χ1) is 9.58. The summed E-state index contributed by atoms with van der Waals surface area (Å²) in [5.74, 6) is 0.288. The summed E-state index contributed by atoms with van der Waals surface area (Å²) in [4.78, 5) is 24.4. The van der Waals surface area contributed by atoms with Gasteiger partial charge in [0.2, 0.25) is 5.91 Å². The number of ether oxygens (including phenoxy) is 2. The molecule has 1 amide bonds. The summed E-state index contributed by atoms with van der Waals surface area (Å²) in [7, 11) is 2.90. The number of benzene rings is 1. The van der Waals surface area contributed by atoms with Crippen LogP contribution < -0.4 is 4.74 Å². The lowest BCUT2D eigenvalue weighted by molar-refractivity contribution is -0.146. The molecule has 0 aromatic heterocycles. The van der Waals surface area contributed by atoms with Crippen LogP contribution in [0, 0.1) is 0 Å². The van der Waals surface area contributed by atoms with Gasteiger partial charge in [0.1, 0.15) is 12.3 Å². The van der Waals surface area contributed by atoms with Crippen LogP contribution in [0.4, 0.5) is 0 Å². The average Bonchev–Trinajstić information content (AvgIpc) is 2.46. The number of para-hydroxylation sites is 1. The Kier molecular flexibility index (Phi) is 6.56. The number of hydrogen-bond acceptors (Lipinski definition) is 4. The van der Waals surface area contributed by atoms with Gasteiger partial charge in [0.25, 0.3) is 0 Å². The van der Waals surface area contributed by atoms with Crippen molar-refractivity contribution >= 4 is 11.9 Å². The smallest absolute Gasteiger partial charge is 0.325 e. The van der Waals surface area contributed by atoms with Crippen molar-refractivity contribution in [1.82, 2.24) is 4.90 Å². The Morgan fingerprint density at radius 2 is 1.95 bits per heavy atom. The van der Waals surface area contributed by atoms with Gasteiger partial charge in [-0.1, -0.05) is 18.2 Å². The van der Waals surface area contributed by atoms with Crippen LogP contribution in [0.2, 0.25) is 0 Å². The zero-order chi connectivity index (χ0) is 15.0. The number of amides is 1. The first kappa shape index (κ1) is 16.0. The molecule has 0 spiro atoms. The van der Waals surface area contributed by atoms with E-state index < -0.39 is 5.97 Å². The molecule has 20 heavy (non-hydrogen) atoms. The van der Waals surface area contributed by atoms with Crippen molar-refractivity contribution < 1.29 is 19.1 Å². The maximum atomic E-state index is 11.9. The first-order valence-electron chi connectivity index (χ1n) is 6.60. The zero-order valence-corrected chi connectivity index (χ0v) is 12.2. The molecule has 0 aliphatic heterocycles. The Hall–Kier alpha value is -2.04. The molecule has 0 atom stereocenters. The predicted molar refractivity (Wildman–Crippen MR) is 75.6 cm³/mol. The van der Waals surface area contributed by atoms with Gasteiger partial charge in [0.05, 0.1) is 13.7 Å². The van der Waals surface area contributed by atoms with Gasteiger partial charge in [-0.15, -0.1) is 0 Å². The molecule has 1 aromatic carbocycles. The van der Waals surface area contributed by atoms with E-state index >= 15 is 0 Å². The summed E-state index contributed by atoms with van der Waals surface area (Å²) in [6.07, 6.45) is 0.915. The van der Waals surface area contributed by atoms with Crippen molar-refractivity contribution in [3.63, 3.8) is 0 Å². The summed E-state index contributed by atoms with van der Waals surface area (Å²) in [6.45, 7) is 2.49. The summed E-state index contributed by atoms with van der Waals surface area (Å²) >= 11 is 0. The Labute approximate surface area is 119 Å². The third-order valence-electron chi connectivity index (χ3n) is 2.90. The second-order valence-electron chi connectivity index (χ2n) is 4.37. The van der Waals surface area contributed by atoms with Crippen LogP contribution in [0.15, 0.2) is 24.3 Å². The highest BCUT2D eigenvalue weighted by Gasteiger charge is 2.14. The first-order valence-corrected chi connectivity index (χ1v) is 6.60. The van der Waals surface area contributed by atoms with Crippen molar-refractivity contribution in [1.29, 1.82) is 0 Å². The molecular weight excluding hydrogens is 258 g/mol. The molecule has 0 bridgehead atoms. The lowest BCUT2D eigenvalue weighted by Crippen LogP contribution is -2.32. The second kappa shape index (κ2) is 8.19. The van der Waals surface area contributed by atoms with Gasteiger partial charge < -0.3 is 14.4 Å². The monoisotopic (exact) mass is 279 g/mol. The van der Waals surface area contributed by atoms with Crippen LogP contribution in [0.5, 0.6) is 5.75 Å². The quantitative estimate of drug-likeness (QED) is 0.712. The van der Waals surface area contributed by atoms with E-state index in [-0.39, 0.29) is 12.5 Å². The third kappa shape index (κ3) is 4.91. The van der Waals surface area contributed by atoms with Gasteiger partial charge in [-0.05, 0) is 25.0 Å². The van der Waals surface area contributed by atoms with Gasteiger partial charge in [0.15, 0.2) is 0 Å². The number of rotatable bonds is 7. The van der Waals surface area contributed by atoms with Crippen molar-refractivity contribution in [2.24, 2.45) is 0 Å². The molecule has 1 rings (SSSR count). The fourth-order valence-electron chi connectivity index (χ4n) is 1.79. The zero-order valence-electron chi connectivity index (χ0n) is 12.2. The summed E-state index contributed by atoms with van der Waals surface area (Å²) in [6, 6.07) is 7.65. The number of aryl methyl sites for hydroxylation is 1. The van der Waals surface area contributed by atoms with Gasteiger partial charge in [-0.2, -0.15) is 0 Å². The number of esters is 1. The van der Waals surface area contributed by atoms with E-state index in [2.05, 4.69) is 4.74 Å². The van der Waals surface area contributed by atoms with E-state index in [1.54, 1.807) is 7.05 Å². The predicted octanol–water partition coefficient (Wildman–Crippen LogP) is 1.65. The highest BCUT2D eigenvalue weighted by molar-refractivity contribution is 5.81. The topological polar surface area (TPSA) is 55.8 Å². The molecule has 5 heteroatoms. The molecule has 110 valence electrons. The maximum absolute atomic E-state index is 11.9. The number of carbonyl (C=O) groups is 2. The molecule has 0 radical (unpaired) electrons. The van der Waals surface area contributed by atoms with Crippen molar-refractivity contribution in [3.05, 3.63) is 29.8 Å². The molecular formula is C15H21NO4. The van der Waals surface area contributed by atoms with Gasteiger partial charge in [-0.3, -0.25) is 9.59 Å². The van der Waals surface area contributed by atoms with E-state index in [1.165, 1.54) is 12.0 Å². The summed E-state index contributed by atoms with van der Waals surface area (Å²) in [5, 5.41) is 0. The Bertz CT molecular complexity index is 459. The molecule has 0 fully saturated rings. The Balaban J connectivity index is 2.54. The minimum atomic E-state index is -0.421. The fourth-order valence-corrected chi connectivity index (χ4v) is 1.79. The van der Waals surface area contributed by atoms with E-state index in [4.69, 9.17) is 4.74 Å². The highest BCUT2D eigenvalue weighted by atomic mass is 16.5. The van der Waals surface area contributed by atoms with Gasteiger partial charge >= 0.3 is 5.97 Å². The number of nitrogens with zero attached hydrogens (tertiary/aromatic N) is 1. The van der Waals surface area contributed by atoms with Crippen LogP contribution in [0.25, 0.3) is 0 Å². The lowest BCUT2D eigenvalue weighted by atomic mass is 10.1. The van der Waals surface area contributed by atoms with E-state index in [1.807, 2.05) is 31.2 Å². The molecule has 0 saturated carbocycles. The molecule has 0 unspecified atom stereocenters. The van der Waals surface area contributed by atoms with Crippen molar-refractivity contribution in [2.75, 3.05) is 27.3 Å². The highest BCUT2D eigenvalue weighted by Crippen LogP contribution is 2.19. The molecule has 0 saturated heterocycles. The fraction of sp³-hybridized carbons (Fsp3) is 0.467. The van der Waals surface area contributed by atoms with Crippen LogP contribution in [0.3, 0.4) is 0 Å². The van der Waals surface area contributed by atoms with Crippen molar-refractivity contribution in [3.8, 4) is 5.75 Å². The van der Waals surface area contributed by atoms with Crippen LogP contribution in [-0.4, -0.2) is 44.1 Å². The van der Waals surface area contributed by atoms with E-state index in [0.29, 0.717) is 19.4 Å².